The maximum atomic E-state index is 12.7. The molecular weight excluding hydrogens is 326 g/mol. The minimum Gasteiger partial charge on any atom is -0.460 e. The van der Waals surface area contributed by atoms with Crippen LogP contribution < -0.4 is 5.32 Å². The van der Waals surface area contributed by atoms with E-state index in [1.165, 1.54) is 0 Å². The zero-order valence-electron chi connectivity index (χ0n) is 13.3. The van der Waals surface area contributed by atoms with Gasteiger partial charge in [0.1, 0.15) is 6.61 Å². The summed E-state index contributed by atoms with van der Waals surface area (Å²) >= 11 is 6.03. The zero-order chi connectivity index (χ0) is 17.5. The van der Waals surface area contributed by atoms with Gasteiger partial charge in [-0.1, -0.05) is 48.5 Å². The number of esters is 1. The van der Waals surface area contributed by atoms with Gasteiger partial charge in [-0.25, -0.2) is 4.79 Å². The predicted molar refractivity (Wildman–Crippen MR) is 95.6 cm³/mol. The largest absolute Gasteiger partial charge is 0.460 e. The quantitative estimate of drug-likeness (QED) is 0.356. The van der Waals surface area contributed by atoms with Crippen LogP contribution in [0, 0.1) is 0 Å². The number of halogens is 1. The Labute approximate surface area is 146 Å². The normalized spacial score (nSPS) is 10.1. The molecule has 5 heteroatoms. The number of nitrogens with one attached hydrogen (secondary N) is 1. The summed E-state index contributed by atoms with van der Waals surface area (Å²) in [7, 11) is 0. The van der Waals surface area contributed by atoms with Gasteiger partial charge in [-0.3, -0.25) is 4.79 Å². The van der Waals surface area contributed by atoms with Crippen LogP contribution in [0.4, 0.5) is 5.69 Å². The lowest BCUT2D eigenvalue weighted by molar-refractivity contribution is -0.138. The number of hydrogen-bond acceptors (Lipinski definition) is 4. The number of carbonyl (C=O) groups excluding carboxylic acids is 2. The van der Waals surface area contributed by atoms with Gasteiger partial charge in [0.2, 0.25) is 0 Å². The van der Waals surface area contributed by atoms with E-state index in [9.17, 15) is 9.59 Å². The molecule has 0 saturated heterocycles. The van der Waals surface area contributed by atoms with Crippen molar-refractivity contribution in [1.82, 2.24) is 0 Å². The van der Waals surface area contributed by atoms with Gasteiger partial charge in [-0.05, 0) is 25.1 Å². The average molecular weight is 344 g/mol. The van der Waals surface area contributed by atoms with Crippen molar-refractivity contribution in [2.75, 3.05) is 18.5 Å². The number of hydrogen-bond donors (Lipinski definition) is 1. The molecule has 2 aromatic rings. The van der Waals surface area contributed by atoms with E-state index in [4.69, 9.17) is 16.3 Å². The third kappa shape index (κ3) is 4.70. The Balaban J connectivity index is 2.09. The van der Waals surface area contributed by atoms with Crippen molar-refractivity contribution in [3.05, 3.63) is 76.8 Å². The average Bonchev–Trinajstić information content (AvgIpc) is 2.59. The highest BCUT2D eigenvalue weighted by atomic mass is 35.5. The molecule has 4 nitrogen and oxygen atoms in total. The summed E-state index contributed by atoms with van der Waals surface area (Å²) in [5, 5.41) is 3.58. The molecule has 0 aliphatic heterocycles. The summed E-state index contributed by atoms with van der Waals surface area (Å²) in [4.78, 5) is 24.0. The first-order valence-corrected chi connectivity index (χ1v) is 7.82. The minimum atomic E-state index is -0.437. The second-order valence-corrected chi connectivity index (χ2v) is 5.66. The van der Waals surface area contributed by atoms with Gasteiger partial charge in [0, 0.05) is 34.0 Å². The van der Waals surface area contributed by atoms with Gasteiger partial charge >= 0.3 is 5.97 Å². The maximum absolute atomic E-state index is 12.7. The molecule has 0 bridgehead atoms. The standard InChI is InChI=1S/C19H18ClNO3/c1-13(2)19(23)24-11-10-21-17-9-8-15(20)12-16(17)18(22)14-6-4-3-5-7-14/h3-9,12,21H,1,10-11H2,2H3. The first kappa shape index (κ1) is 17.8. The third-order valence-corrected chi connectivity index (χ3v) is 3.50. The highest BCUT2D eigenvalue weighted by molar-refractivity contribution is 6.31. The van der Waals surface area contributed by atoms with Crippen LogP contribution in [0.3, 0.4) is 0 Å². The number of benzene rings is 2. The molecule has 0 fully saturated rings. The van der Waals surface area contributed by atoms with Crippen molar-refractivity contribution in [2.45, 2.75) is 6.92 Å². The maximum Gasteiger partial charge on any atom is 0.333 e. The molecule has 0 heterocycles. The molecule has 0 saturated carbocycles. The van der Waals surface area contributed by atoms with Crippen LogP contribution in [0.25, 0.3) is 0 Å². The van der Waals surface area contributed by atoms with Crippen LogP contribution in [0.1, 0.15) is 22.8 Å². The lowest BCUT2D eigenvalue weighted by Crippen LogP contribution is -2.16. The number of ketones is 1. The van der Waals surface area contributed by atoms with Crippen LogP contribution in [0.15, 0.2) is 60.7 Å². The summed E-state index contributed by atoms with van der Waals surface area (Å²) in [5.74, 6) is -0.562. The van der Waals surface area contributed by atoms with Crippen molar-refractivity contribution in [1.29, 1.82) is 0 Å². The Hall–Kier alpha value is -2.59. The van der Waals surface area contributed by atoms with Crippen LogP contribution in [-0.4, -0.2) is 24.9 Å². The number of anilines is 1. The van der Waals surface area contributed by atoms with Crippen molar-refractivity contribution in [3.8, 4) is 0 Å². The molecule has 0 atom stereocenters. The number of ether oxygens (including phenoxy) is 1. The summed E-state index contributed by atoms with van der Waals surface area (Å²) in [6.45, 7) is 5.65. The van der Waals surface area contributed by atoms with E-state index in [-0.39, 0.29) is 12.4 Å². The molecule has 124 valence electrons. The Morgan fingerprint density at radius 3 is 2.54 bits per heavy atom. The first-order chi connectivity index (χ1) is 11.5. The summed E-state index contributed by atoms with van der Waals surface area (Å²) in [5.41, 5.74) is 2.04. The fraction of sp³-hybridized carbons (Fsp3) is 0.158. The molecule has 24 heavy (non-hydrogen) atoms. The van der Waals surface area contributed by atoms with Crippen LogP contribution in [-0.2, 0) is 9.53 Å². The topological polar surface area (TPSA) is 55.4 Å². The Morgan fingerprint density at radius 1 is 1.17 bits per heavy atom. The van der Waals surface area contributed by atoms with Crippen LogP contribution >= 0.6 is 11.6 Å². The fourth-order valence-corrected chi connectivity index (χ4v) is 2.23. The van der Waals surface area contributed by atoms with E-state index in [0.717, 1.165) is 0 Å². The molecule has 0 aliphatic carbocycles. The Kier molecular flexibility index (Phi) is 6.15. The van der Waals surface area contributed by atoms with E-state index < -0.39 is 5.97 Å². The molecule has 0 aliphatic rings. The summed E-state index contributed by atoms with van der Waals surface area (Å²) < 4.78 is 5.02. The zero-order valence-corrected chi connectivity index (χ0v) is 14.1. The highest BCUT2D eigenvalue weighted by Crippen LogP contribution is 2.23. The number of carbonyl (C=O) groups is 2. The van der Waals surface area contributed by atoms with Gasteiger partial charge in [-0.15, -0.1) is 0 Å². The lowest BCUT2D eigenvalue weighted by Gasteiger charge is -2.12. The summed E-state index contributed by atoms with van der Waals surface area (Å²) in [6, 6.07) is 14.0. The van der Waals surface area contributed by atoms with E-state index in [0.29, 0.717) is 34.0 Å². The van der Waals surface area contributed by atoms with Crippen molar-refractivity contribution in [2.24, 2.45) is 0 Å². The minimum absolute atomic E-state index is 0.125. The van der Waals surface area contributed by atoms with Crippen molar-refractivity contribution < 1.29 is 14.3 Å². The predicted octanol–water partition coefficient (Wildman–Crippen LogP) is 4.10. The van der Waals surface area contributed by atoms with Crippen LogP contribution in [0.2, 0.25) is 5.02 Å². The van der Waals surface area contributed by atoms with Gasteiger partial charge in [0.05, 0.1) is 0 Å². The monoisotopic (exact) mass is 343 g/mol. The molecule has 0 radical (unpaired) electrons. The SMILES string of the molecule is C=C(C)C(=O)OCCNc1ccc(Cl)cc1C(=O)c1ccccc1. The van der Waals surface area contributed by atoms with Crippen molar-refractivity contribution >= 4 is 29.0 Å². The van der Waals surface area contributed by atoms with E-state index in [1.807, 2.05) is 18.2 Å². The third-order valence-electron chi connectivity index (χ3n) is 3.26. The second-order valence-electron chi connectivity index (χ2n) is 5.23. The number of rotatable bonds is 7. The smallest absolute Gasteiger partial charge is 0.333 e. The Bertz CT molecular complexity index is 756. The van der Waals surface area contributed by atoms with Gasteiger partial charge in [-0.2, -0.15) is 0 Å². The fourth-order valence-electron chi connectivity index (χ4n) is 2.06. The van der Waals surface area contributed by atoms with E-state index in [2.05, 4.69) is 11.9 Å². The first-order valence-electron chi connectivity index (χ1n) is 7.45. The van der Waals surface area contributed by atoms with Gasteiger partial charge < -0.3 is 10.1 Å². The van der Waals surface area contributed by atoms with Crippen molar-refractivity contribution in [3.63, 3.8) is 0 Å². The van der Waals surface area contributed by atoms with Crippen LogP contribution in [0.5, 0.6) is 0 Å². The molecule has 0 aromatic heterocycles. The van der Waals surface area contributed by atoms with E-state index >= 15 is 0 Å². The highest BCUT2D eigenvalue weighted by Gasteiger charge is 2.14. The molecule has 2 aromatic carbocycles. The molecular formula is C19H18ClNO3. The van der Waals surface area contributed by atoms with Gasteiger partial charge in [0.25, 0.3) is 0 Å². The summed E-state index contributed by atoms with van der Waals surface area (Å²) in [6.07, 6.45) is 0. The molecule has 0 unspecified atom stereocenters. The molecule has 2 rings (SSSR count). The van der Waals surface area contributed by atoms with E-state index in [1.54, 1.807) is 37.3 Å². The molecule has 1 N–H and O–H groups in total. The Morgan fingerprint density at radius 2 is 1.88 bits per heavy atom. The molecule has 0 amide bonds. The second kappa shape index (κ2) is 8.31. The lowest BCUT2D eigenvalue weighted by atomic mass is 10.0. The molecule has 0 spiro atoms. The van der Waals surface area contributed by atoms with Gasteiger partial charge in [0.15, 0.2) is 5.78 Å².